The van der Waals surface area contributed by atoms with Gasteiger partial charge in [-0.05, 0) is 39.3 Å². The van der Waals surface area contributed by atoms with E-state index in [0.29, 0.717) is 37.5 Å². The number of carbonyl (C=O) groups is 1. The van der Waals surface area contributed by atoms with Crippen LogP contribution in [0, 0.1) is 0 Å². The monoisotopic (exact) mass is 564 g/mol. The molecule has 2 aliphatic heterocycles. The van der Waals surface area contributed by atoms with Crippen LogP contribution in [0.1, 0.15) is 34.1 Å². The minimum Gasteiger partial charge on any atom is -0.444 e. The molecule has 1 fully saturated rings. The maximum Gasteiger partial charge on any atom is 0.410 e. The van der Waals surface area contributed by atoms with E-state index >= 15 is 0 Å². The lowest BCUT2D eigenvalue weighted by Crippen LogP contribution is -2.58. The van der Waals surface area contributed by atoms with Crippen LogP contribution in [0.3, 0.4) is 0 Å². The molecule has 0 radical (unpaired) electrons. The SMILES string of the molecule is CCC(CS(=O)(=O)c1ccccc1)NC1=NCC2CN(C(=O)OC(C)(C)C)CCN12.I. The zero-order valence-electron chi connectivity index (χ0n) is 18.6. The molecule has 2 aliphatic rings. The molecule has 0 saturated carbocycles. The summed E-state index contributed by atoms with van der Waals surface area (Å²) in [5.41, 5.74) is -0.522. The first-order valence-corrected chi connectivity index (χ1v) is 12.1. The van der Waals surface area contributed by atoms with E-state index in [9.17, 15) is 13.2 Å². The first-order valence-electron chi connectivity index (χ1n) is 10.4. The number of nitrogens with zero attached hydrogens (tertiary/aromatic N) is 3. The second kappa shape index (κ2) is 10.4. The zero-order valence-corrected chi connectivity index (χ0v) is 21.7. The third-order valence-corrected chi connectivity index (χ3v) is 7.04. The van der Waals surface area contributed by atoms with Gasteiger partial charge in [0.15, 0.2) is 15.8 Å². The van der Waals surface area contributed by atoms with Gasteiger partial charge in [-0.2, -0.15) is 0 Å². The van der Waals surface area contributed by atoms with E-state index in [1.807, 2.05) is 27.7 Å². The Morgan fingerprint density at radius 1 is 1.26 bits per heavy atom. The van der Waals surface area contributed by atoms with Gasteiger partial charge in [0.1, 0.15) is 5.60 Å². The fourth-order valence-electron chi connectivity index (χ4n) is 3.63. The molecule has 1 aromatic carbocycles. The molecule has 2 unspecified atom stereocenters. The van der Waals surface area contributed by atoms with Crippen LogP contribution in [0.15, 0.2) is 40.2 Å². The molecule has 8 nitrogen and oxygen atoms in total. The molecule has 31 heavy (non-hydrogen) atoms. The molecule has 0 aromatic heterocycles. The van der Waals surface area contributed by atoms with Gasteiger partial charge < -0.3 is 19.9 Å². The van der Waals surface area contributed by atoms with Crippen LogP contribution in [0.4, 0.5) is 4.79 Å². The predicted octanol–water partition coefficient (Wildman–Crippen LogP) is 2.74. The van der Waals surface area contributed by atoms with E-state index in [2.05, 4.69) is 15.2 Å². The number of amides is 1. The Labute approximate surface area is 202 Å². The van der Waals surface area contributed by atoms with Crippen molar-refractivity contribution in [2.24, 2.45) is 4.99 Å². The van der Waals surface area contributed by atoms with Crippen molar-refractivity contribution >= 4 is 45.9 Å². The summed E-state index contributed by atoms with van der Waals surface area (Å²) in [4.78, 5) is 21.2. The highest BCUT2D eigenvalue weighted by Gasteiger charge is 2.37. The van der Waals surface area contributed by atoms with E-state index < -0.39 is 15.4 Å². The molecule has 1 N–H and O–H groups in total. The van der Waals surface area contributed by atoms with Crippen LogP contribution in [0.2, 0.25) is 0 Å². The van der Waals surface area contributed by atoms with E-state index in [4.69, 9.17) is 4.74 Å². The van der Waals surface area contributed by atoms with E-state index in [0.717, 1.165) is 5.96 Å². The fraction of sp³-hybridized carbons (Fsp3) is 0.619. The average Bonchev–Trinajstić information content (AvgIpc) is 3.08. The predicted molar refractivity (Wildman–Crippen MR) is 132 cm³/mol. The molecule has 0 spiro atoms. The fourth-order valence-corrected chi connectivity index (χ4v) is 5.24. The Kier molecular flexibility index (Phi) is 8.60. The number of nitrogens with one attached hydrogen (secondary N) is 1. The first kappa shape index (κ1) is 25.7. The van der Waals surface area contributed by atoms with E-state index in [1.165, 1.54) is 0 Å². The van der Waals surface area contributed by atoms with Crippen LogP contribution in [-0.4, -0.2) is 79.9 Å². The van der Waals surface area contributed by atoms with Crippen LogP contribution in [0.5, 0.6) is 0 Å². The van der Waals surface area contributed by atoms with Gasteiger partial charge in [-0.25, -0.2) is 13.2 Å². The molecule has 2 heterocycles. The van der Waals surface area contributed by atoms with Crippen molar-refractivity contribution in [3.63, 3.8) is 0 Å². The van der Waals surface area contributed by atoms with Crippen molar-refractivity contribution in [2.75, 3.05) is 31.9 Å². The van der Waals surface area contributed by atoms with Crippen molar-refractivity contribution in [1.82, 2.24) is 15.1 Å². The second-order valence-electron chi connectivity index (χ2n) is 8.78. The van der Waals surface area contributed by atoms with Gasteiger partial charge in [-0.15, -0.1) is 24.0 Å². The summed E-state index contributed by atoms with van der Waals surface area (Å²) >= 11 is 0. The van der Waals surface area contributed by atoms with Gasteiger partial charge in [0.05, 0.1) is 23.2 Å². The highest BCUT2D eigenvalue weighted by molar-refractivity contribution is 14.0. The smallest absolute Gasteiger partial charge is 0.410 e. The molecule has 0 bridgehead atoms. The number of piperazine rings is 1. The second-order valence-corrected chi connectivity index (χ2v) is 10.8. The summed E-state index contributed by atoms with van der Waals surface area (Å²) in [6, 6.07) is 8.36. The normalized spacial score (nSPS) is 19.7. The van der Waals surface area contributed by atoms with Crippen molar-refractivity contribution in [3.8, 4) is 0 Å². The minimum atomic E-state index is -3.39. The lowest BCUT2D eigenvalue weighted by molar-refractivity contribution is 0.0137. The zero-order chi connectivity index (χ0) is 21.9. The number of hydrogen-bond donors (Lipinski definition) is 1. The number of sulfone groups is 1. The Bertz CT molecular complexity index is 886. The van der Waals surface area contributed by atoms with E-state index in [1.54, 1.807) is 35.2 Å². The number of benzene rings is 1. The van der Waals surface area contributed by atoms with Gasteiger partial charge in [-0.3, -0.25) is 4.99 Å². The van der Waals surface area contributed by atoms with Crippen LogP contribution in [-0.2, 0) is 14.6 Å². The summed E-state index contributed by atoms with van der Waals surface area (Å²) in [6.45, 7) is 9.84. The highest BCUT2D eigenvalue weighted by atomic mass is 127. The Morgan fingerprint density at radius 3 is 2.55 bits per heavy atom. The Hall–Kier alpha value is -1.56. The number of carbonyl (C=O) groups excluding carboxylic acids is 1. The highest BCUT2D eigenvalue weighted by Crippen LogP contribution is 2.20. The Morgan fingerprint density at radius 2 is 1.94 bits per heavy atom. The summed E-state index contributed by atoms with van der Waals surface area (Å²) in [5.74, 6) is 0.730. The number of hydrogen-bond acceptors (Lipinski definition) is 7. The summed E-state index contributed by atoms with van der Waals surface area (Å²) in [7, 11) is -3.39. The van der Waals surface area contributed by atoms with Gasteiger partial charge in [0.2, 0.25) is 0 Å². The number of halogens is 1. The number of aliphatic imine (C=N–C) groups is 1. The molecule has 10 heteroatoms. The summed E-state index contributed by atoms with van der Waals surface area (Å²) < 4.78 is 31.0. The first-order chi connectivity index (χ1) is 14.1. The molecular formula is C21H33IN4O4S. The lowest BCUT2D eigenvalue weighted by atomic mass is 10.2. The molecule has 1 amide bonds. The third-order valence-electron chi connectivity index (χ3n) is 5.21. The summed E-state index contributed by atoms with van der Waals surface area (Å²) in [5, 5.41) is 3.34. The van der Waals surface area contributed by atoms with Crippen molar-refractivity contribution in [1.29, 1.82) is 0 Å². The average molecular weight is 564 g/mol. The van der Waals surface area contributed by atoms with Crippen LogP contribution >= 0.6 is 24.0 Å². The maximum atomic E-state index is 12.7. The lowest BCUT2D eigenvalue weighted by Gasteiger charge is -2.39. The van der Waals surface area contributed by atoms with Gasteiger partial charge in [0.25, 0.3) is 0 Å². The molecular weight excluding hydrogens is 531 g/mol. The van der Waals surface area contributed by atoms with Crippen molar-refractivity contribution in [3.05, 3.63) is 30.3 Å². The van der Waals surface area contributed by atoms with Gasteiger partial charge in [-0.1, -0.05) is 25.1 Å². The van der Waals surface area contributed by atoms with Crippen molar-refractivity contribution in [2.45, 2.75) is 56.7 Å². The third kappa shape index (κ3) is 6.71. The maximum absolute atomic E-state index is 12.7. The van der Waals surface area contributed by atoms with Crippen LogP contribution in [0.25, 0.3) is 0 Å². The molecule has 0 aliphatic carbocycles. The van der Waals surface area contributed by atoms with E-state index in [-0.39, 0.29) is 47.9 Å². The van der Waals surface area contributed by atoms with Crippen LogP contribution < -0.4 is 5.32 Å². The molecule has 3 rings (SSSR count). The topological polar surface area (TPSA) is 91.3 Å². The number of rotatable bonds is 5. The number of guanidine groups is 1. The quantitative estimate of drug-likeness (QED) is 0.554. The van der Waals surface area contributed by atoms with Gasteiger partial charge >= 0.3 is 6.09 Å². The van der Waals surface area contributed by atoms with Gasteiger partial charge in [0, 0.05) is 25.7 Å². The molecule has 1 saturated heterocycles. The molecule has 2 atom stereocenters. The molecule has 174 valence electrons. The largest absolute Gasteiger partial charge is 0.444 e. The Balaban J connectivity index is 0.00000341. The number of fused-ring (bicyclic) bond motifs is 1. The standard InChI is InChI=1S/C21H32N4O4S.HI/c1-5-16(15-30(27,28)18-9-7-6-8-10-18)23-19-22-13-17-14-24(11-12-25(17)19)20(26)29-21(2,3)4;/h6-10,16-17H,5,11-15H2,1-4H3,(H,22,23);1H. The summed E-state index contributed by atoms with van der Waals surface area (Å²) in [6.07, 6.45) is 0.358. The van der Waals surface area contributed by atoms with Crippen molar-refractivity contribution < 1.29 is 17.9 Å². The minimum absolute atomic E-state index is 0. The molecule has 1 aromatic rings. The number of ether oxygens (including phenoxy) is 1.